The maximum atomic E-state index is 12.0. The third-order valence-corrected chi connectivity index (χ3v) is 3.35. The molecule has 0 amide bonds. The fourth-order valence-corrected chi connectivity index (χ4v) is 2.03. The van der Waals surface area contributed by atoms with Gasteiger partial charge in [0.05, 0.1) is 24.7 Å². The molecule has 0 spiro atoms. The van der Waals surface area contributed by atoms with Gasteiger partial charge in [-0.1, -0.05) is 0 Å². The third kappa shape index (κ3) is 4.31. The third-order valence-electron chi connectivity index (χ3n) is 3.35. The summed E-state index contributed by atoms with van der Waals surface area (Å²) in [5.41, 5.74) is 0.290. The second kappa shape index (κ2) is 7.91. The van der Waals surface area contributed by atoms with Crippen LogP contribution in [0.1, 0.15) is 20.7 Å². The van der Waals surface area contributed by atoms with Crippen molar-refractivity contribution in [2.24, 2.45) is 0 Å². The molecular weight excluding hydrogens is 330 g/mol. The van der Waals surface area contributed by atoms with E-state index in [2.05, 4.69) is 0 Å². The SMILES string of the molecule is COc1ccc(C(=O)OCC(=O)c2ccc([N+](=O)[O-])cc2)cc1OC. The fourth-order valence-electron chi connectivity index (χ4n) is 2.03. The van der Waals surface area contributed by atoms with Gasteiger partial charge in [-0.3, -0.25) is 14.9 Å². The summed E-state index contributed by atoms with van der Waals surface area (Å²) in [6, 6.07) is 9.52. The molecule has 0 atom stereocenters. The molecule has 0 aliphatic heterocycles. The van der Waals surface area contributed by atoms with Gasteiger partial charge in [0, 0.05) is 17.7 Å². The molecular formula is C17H15NO7. The lowest BCUT2D eigenvalue weighted by atomic mass is 10.1. The monoisotopic (exact) mass is 345 g/mol. The lowest BCUT2D eigenvalue weighted by Gasteiger charge is -2.09. The summed E-state index contributed by atoms with van der Waals surface area (Å²) >= 11 is 0. The number of hydrogen-bond donors (Lipinski definition) is 0. The van der Waals surface area contributed by atoms with E-state index in [4.69, 9.17) is 14.2 Å². The number of Topliss-reactive ketones (excluding diaryl/α,β-unsaturated/α-hetero) is 1. The average molecular weight is 345 g/mol. The average Bonchev–Trinajstić information content (AvgIpc) is 2.65. The number of carbonyl (C=O) groups excluding carboxylic acids is 2. The maximum Gasteiger partial charge on any atom is 0.338 e. The van der Waals surface area contributed by atoms with Gasteiger partial charge in [0.25, 0.3) is 5.69 Å². The number of methoxy groups -OCH3 is 2. The Bertz CT molecular complexity index is 799. The minimum atomic E-state index is -0.698. The van der Waals surface area contributed by atoms with E-state index in [0.717, 1.165) is 0 Å². The fraction of sp³-hybridized carbons (Fsp3) is 0.176. The lowest BCUT2D eigenvalue weighted by Crippen LogP contribution is -2.14. The van der Waals surface area contributed by atoms with Crippen LogP contribution in [-0.4, -0.2) is 37.5 Å². The van der Waals surface area contributed by atoms with Gasteiger partial charge in [-0.25, -0.2) is 4.79 Å². The van der Waals surface area contributed by atoms with Gasteiger partial charge in [-0.2, -0.15) is 0 Å². The molecule has 0 aliphatic carbocycles. The first-order chi connectivity index (χ1) is 12.0. The van der Waals surface area contributed by atoms with Crippen molar-refractivity contribution in [3.8, 4) is 11.5 Å². The van der Waals surface area contributed by atoms with Crippen molar-refractivity contribution >= 4 is 17.4 Å². The minimum Gasteiger partial charge on any atom is -0.493 e. The first kappa shape index (κ1) is 17.9. The molecule has 0 bridgehead atoms. The molecule has 25 heavy (non-hydrogen) atoms. The standard InChI is InChI=1S/C17H15NO7/c1-23-15-8-5-12(9-16(15)24-2)17(20)25-10-14(19)11-3-6-13(7-4-11)18(21)22/h3-9H,10H2,1-2H3. The Labute approximate surface area is 143 Å². The summed E-state index contributed by atoms with van der Waals surface area (Å²) in [5.74, 6) is -0.348. The number of nitro benzene ring substituents is 1. The zero-order valence-electron chi connectivity index (χ0n) is 13.6. The van der Waals surface area contributed by atoms with Crippen molar-refractivity contribution in [2.45, 2.75) is 0 Å². The predicted molar refractivity (Wildman–Crippen MR) is 87.3 cm³/mol. The van der Waals surface area contributed by atoms with Crippen molar-refractivity contribution in [2.75, 3.05) is 20.8 Å². The molecule has 0 aromatic heterocycles. The van der Waals surface area contributed by atoms with Gasteiger partial charge >= 0.3 is 5.97 Å². The van der Waals surface area contributed by atoms with Crippen molar-refractivity contribution < 1.29 is 28.7 Å². The first-order valence-electron chi connectivity index (χ1n) is 7.13. The highest BCUT2D eigenvalue weighted by molar-refractivity contribution is 5.99. The molecule has 2 aromatic rings. The van der Waals surface area contributed by atoms with Crippen LogP contribution < -0.4 is 9.47 Å². The largest absolute Gasteiger partial charge is 0.493 e. The number of hydrogen-bond acceptors (Lipinski definition) is 7. The van der Waals surface area contributed by atoms with Gasteiger partial charge < -0.3 is 14.2 Å². The molecule has 0 N–H and O–H groups in total. The molecule has 0 saturated carbocycles. The minimum absolute atomic E-state index is 0.126. The van der Waals surface area contributed by atoms with Crippen LogP contribution in [-0.2, 0) is 4.74 Å². The Balaban J connectivity index is 2.01. The molecule has 0 aliphatic rings. The number of esters is 1. The predicted octanol–water partition coefficient (Wildman–Crippen LogP) is 2.65. The Morgan fingerprint density at radius 1 is 0.960 bits per heavy atom. The van der Waals surface area contributed by atoms with Crippen LogP contribution in [0.2, 0.25) is 0 Å². The van der Waals surface area contributed by atoms with E-state index in [9.17, 15) is 19.7 Å². The Morgan fingerprint density at radius 2 is 1.56 bits per heavy atom. The van der Waals surface area contributed by atoms with Crippen LogP contribution in [0.3, 0.4) is 0 Å². The van der Waals surface area contributed by atoms with E-state index in [1.807, 2.05) is 0 Å². The molecule has 8 heteroatoms. The van der Waals surface area contributed by atoms with Gasteiger partial charge in [-0.05, 0) is 30.3 Å². The molecule has 0 radical (unpaired) electrons. The van der Waals surface area contributed by atoms with Crippen molar-refractivity contribution in [3.63, 3.8) is 0 Å². The van der Waals surface area contributed by atoms with Crippen LogP contribution >= 0.6 is 0 Å². The number of ether oxygens (including phenoxy) is 3. The summed E-state index contributed by atoms with van der Waals surface area (Å²) in [7, 11) is 2.91. The van der Waals surface area contributed by atoms with Crippen molar-refractivity contribution in [1.29, 1.82) is 0 Å². The zero-order valence-corrected chi connectivity index (χ0v) is 13.6. The molecule has 0 unspecified atom stereocenters. The van der Waals surface area contributed by atoms with Gasteiger partial charge in [0.2, 0.25) is 0 Å². The number of non-ortho nitro benzene ring substituents is 1. The smallest absolute Gasteiger partial charge is 0.338 e. The number of nitro groups is 1. The van der Waals surface area contributed by atoms with Gasteiger partial charge in [0.15, 0.2) is 23.9 Å². The van der Waals surface area contributed by atoms with Gasteiger partial charge in [-0.15, -0.1) is 0 Å². The van der Waals surface area contributed by atoms with E-state index in [0.29, 0.717) is 11.5 Å². The Kier molecular flexibility index (Phi) is 5.67. The highest BCUT2D eigenvalue weighted by Crippen LogP contribution is 2.27. The van der Waals surface area contributed by atoms with E-state index in [1.54, 1.807) is 6.07 Å². The molecule has 0 heterocycles. The quantitative estimate of drug-likeness (QED) is 0.329. The highest BCUT2D eigenvalue weighted by Gasteiger charge is 2.15. The lowest BCUT2D eigenvalue weighted by molar-refractivity contribution is -0.384. The number of ketones is 1. The molecule has 2 rings (SSSR count). The number of benzene rings is 2. The van der Waals surface area contributed by atoms with E-state index >= 15 is 0 Å². The first-order valence-corrected chi connectivity index (χ1v) is 7.13. The van der Waals surface area contributed by atoms with Crippen LogP contribution in [0, 0.1) is 10.1 Å². The molecule has 0 saturated heterocycles. The van der Waals surface area contributed by atoms with Crippen LogP contribution in [0.15, 0.2) is 42.5 Å². The summed E-state index contributed by atoms with van der Waals surface area (Å²) < 4.78 is 15.1. The van der Waals surface area contributed by atoms with Crippen molar-refractivity contribution in [3.05, 3.63) is 63.7 Å². The Hall–Kier alpha value is -3.42. The summed E-state index contributed by atoms with van der Waals surface area (Å²) in [4.78, 5) is 34.0. The Morgan fingerprint density at radius 3 is 2.12 bits per heavy atom. The number of rotatable bonds is 7. The summed E-state index contributed by atoms with van der Waals surface area (Å²) in [5, 5.41) is 10.6. The molecule has 0 fully saturated rings. The van der Waals surface area contributed by atoms with Gasteiger partial charge in [0.1, 0.15) is 0 Å². The normalized spacial score (nSPS) is 10.0. The zero-order chi connectivity index (χ0) is 18.4. The summed E-state index contributed by atoms with van der Waals surface area (Å²) in [6.45, 7) is -0.481. The number of carbonyl (C=O) groups is 2. The van der Waals surface area contributed by atoms with E-state index in [-0.39, 0.29) is 16.8 Å². The topological polar surface area (TPSA) is 105 Å². The van der Waals surface area contributed by atoms with Crippen LogP contribution in [0.25, 0.3) is 0 Å². The van der Waals surface area contributed by atoms with Crippen LogP contribution in [0.4, 0.5) is 5.69 Å². The summed E-state index contributed by atoms with van der Waals surface area (Å²) in [6.07, 6.45) is 0. The second-order valence-electron chi connectivity index (χ2n) is 4.87. The molecule has 8 nitrogen and oxygen atoms in total. The second-order valence-corrected chi connectivity index (χ2v) is 4.87. The van der Waals surface area contributed by atoms with E-state index in [1.165, 1.54) is 50.6 Å². The maximum absolute atomic E-state index is 12.0. The van der Waals surface area contributed by atoms with E-state index < -0.39 is 23.3 Å². The highest BCUT2D eigenvalue weighted by atomic mass is 16.6. The number of nitrogens with zero attached hydrogens (tertiary/aromatic N) is 1. The van der Waals surface area contributed by atoms with Crippen molar-refractivity contribution in [1.82, 2.24) is 0 Å². The molecule has 2 aromatic carbocycles. The van der Waals surface area contributed by atoms with Crippen LogP contribution in [0.5, 0.6) is 11.5 Å². The molecule has 130 valence electrons.